The van der Waals surface area contributed by atoms with E-state index in [9.17, 15) is 13.2 Å². The molecule has 2 rings (SSSR count). The number of carboxylic acids is 1. The van der Waals surface area contributed by atoms with E-state index >= 15 is 0 Å². The normalized spacial score (nSPS) is 11.5. The predicted octanol–water partition coefficient (Wildman–Crippen LogP) is 1.79. The average Bonchev–Trinajstić information content (AvgIpc) is 2.82. The summed E-state index contributed by atoms with van der Waals surface area (Å²) in [5.74, 6) is -1.29. The summed E-state index contributed by atoms with van der Waals surface area (Å²) in [5.41, 5.74) is 0.692. The largest absolute Gasteiger partial charge is 0.478 e. The number of hydrogen-bond donors (Lipinski definition) is 1. The van der Waals surface area contributed by atoms with Crippen LogP contribution in [0.1, 0.15) is 15.9 Å². The fraction of sp³-hybridized carbons (Fsp3) is 0.231. The van der Waals surface area contributed by atoms with Gasteiger partial charge in [0, 0.05) is 13.2 Å². The van der Waals surface area contributed by atoms with Gasteiger partial charge in [0.1, 0.15) is 0 Å². The summed E-state index contributed by atoms with van der Waals surface area (Å²) in [7, 11) is -1.78. The van der Waals surface area contributed by atoms with E-state index in [1.165, 1.54) is 18.2 Å². The van der Waals surface area contributed by atoms with E-state index in [0.717, 1.165) is 5.56 Å². The maximum absolute atomic E-state index is 12.2. The summed E-state index contributed by atoms with van der Waals surface area (Å²) in [6, 6.07) is 3.62. The fourth-order valence-electron chi connectivity index (χ4n) is 1.83. The molecule has 0 radical (unpaired) electrons. The van der Waals surface area contributed by atoms with E-state index < -0.39 is 15.8 Å². The molecule has 0 amide bonds. The van der Waals surface area contributed by atoms with Crippen molar-refractivity contribution in [1.82, 2.24) is 9.78 Å². The number of carboxylic acid groups (broad SMARTS) is 1. The molecule has 0 aliphatic rings. The van der Waals surface area contributed by atoms with E-state index in [1.54, 1.807) is 24.1 Å². The maximum atomic E-state index is 12.2. The number of rotatable bonds is 5. The van der Waals surface area contributed by atoms with E-state index in [0.29, 0.717) is 6.42 Å². The lowest BCUT2D eigenvalue weighted by atomic mass is 10.2. The van der Waals surface area contributed by atoms with Crippen LogP contribution in [-0.4, -0.2) is 35.0 Å². The summed E-state index contributed by atoms with van der Waals surface area (Å²) in [4.78, 5) is 10.9. The average molecular weight is 329 g/mol. The molecular weight excluding hydrogens is 316 g/mol. The zero-order valence-corrected chi connectivity index (χ0v) is 12.7. The Balaban J connectivity index is 2.19. The van der Waals surface area contributed by atoms with Crippen molar-refractivity contribution < 1.29 is 18.3 Å². The lowest BCUT2D eigenvalue weighted by molar-refractivity contribution is 0.0697. The fourth-order valence-corrected chi connectivity index (χ4v) is 3.47. The van der Waals surface area contributed by atoms with Gasteiger partial charge in [0.25, 0.3) is 0 Å². The van der Waals surface area contributed by atoms with Crippen molar-refractivity contribution >= 4 is 27.4 Å². The summed E-state index contributed by atoms with van der Waals surface area (Å²) >= 11 is 5.79. The molecule has 1 aromatic carbocycles. The van der Waals surface area contributed by atoms with Crippen LogP contribution in [0.2, 0.25) is 5.02 Å². The van der Waals surface area contributed by atoms with Crippen LogP contribution in [0.15, 0.2) is 35.5 Å². The Kier molecular flexibility index (Phi) is 4.34. The highest BCUT2D eigenvalue weighted by atomic mass is 35.5. The van der Waals surface area contributed by atoms with Gasteiger partial charge in [-0.05, 0) is 30.2 Å². The number of halogens is 1. The van der Waals surface area contributed by atoms with E-state index in [1.807, 2.05) is 0 Å². The van der Waals surface area contributed by atoms with Crippen molar-refractivity contribution in [2.45, 2.75) is 11.3 Å². The van der Waals surface area contributed by atoms with Crippen molar-refractivity contribution in [3.63, 3.8) is 0 Å². The summed E-state index contributed by atoms with van der Waals surface area (Å²) in [6.07, 6.45) is 3.68. The number of hydrogen-bond acceptors (Lipinski definition) is 4. The molecule has 0 saturated heterocycles. The van der Waals surface area contributed by atoms with Gasteiger partial charge in [-0.1, -0.05) is 11.6 Å². The van der Waals surface area contributed by atoms with E-state index in [-0.39, 0.29) is 21.2 Å². The van der Waals surface area contributed by atoms with Crippen molar-refractivity contribution in [2.75, 3.05) is 5.75 Å². The van der Waals surface area contributed by atoms with Gasteiger partial charge in [-0.2, -0.15) is 5.10 Å². The highest BCUT2D eigenvalue weighted by Gasteiger charge is 2.18. The third kappa shape index (κ3) is 3.62. The molecule has 1 aromatic heterocycles. The number of benzene rings is 1. The molecule has 2 aromatic rings. The van der Waals surface area contributed by atoms with Crippen LogP contribution in [0.25, 0.3) is 0 Å². The van der Waals surface area contributed by atoms with Crippen LogP contribution in [0.3, 0.4) is 0 Å². The summed E-state index contributed by atoms with van der Waals surface area (Å²) in [6.45, 7) is 0. The molecule has 0 saturated carbocycles. The van der Waals surface area contributed by atoms with E-state index in [4.69, 9.17) is 16.7 Å². The Labute approximate surface area is 126 Å². The number of aromatic carboxylic acids is 1. The molecule has 8 heteroatoms. The van der Waals surface area contributed by atoms with Crippen LogP contribution in [-0.2, 0) is 23.3 Å². The minimum Gasteiger partial charge on any atom is -0.478 e. The van der Waals surface area contributed by atoms with Gasteiger partial charge in [-0.25, -0.2) is 13.2 Å². The van der Waals surface area contributed by atoms with Crippen LogP contribution in [0, 0.1) is 0 Å². The Bertz CT molecular complexity index is 783. The number of nitrogens with zero attached hydrogens (tertiary/aromatic N) is 2. The zero-order valence-electron chi connectivity index (χ0n) is 11.2. The third-order valence-electron chi connectivity index (χ3n) is 2.95. The molecule has 0 bridgehead atoms. The molecule has 1 N–H and O–H groups in total. The molecule has 6 nitrogen and oxygen atoms in total. The number of sulfone groups is 1. The second-order valence-electron chi connectivity index (χ2n) is 4.54. The van der Waals surface area contributed by atoms with Crippen LogP contribution in [0.5, 0.6) is 0 Å². The zero-order chi connectivity index (χ0) is 15.6. The molecule has 0 unspecified atom stereocenters. The van der Waals surface area contributed by atoms with Crippen molar-refractivity contribution in [1.29, 1.82) is 0 Å². The molecule has 0 aliphatic heterocycles. The lowest BCUT2D eigenvalue weighted by Gasteiger charge is -2.06. The third-order valence-corrected chi connectivity index (χ3v) is 4.97. The molecule has 0 atom stereocenters. The van der Waals surface area contributed by atoms with Crippen LogP contribution >= 0.6 is 11.6 Å². The smallest absolute Gasteiger partial charge is 0.337 e. The molecular formula is C13H13ClN2O4S. The second kappa shape index (κ2) is 5.87. The van der Waals surface area contributed by atoms with Gasteiger partial charge in [-0.15, -0.1) is 0 Å². The van der Waals surface area contributed by atoms with Crippen molar-refractivity contribution in [3.8, 4) is 0 Å². The molecule has 0 aliphatic carbocycles. The van der Waals surface area contributed by atoms with Crippen LogP contribution in [0.4, 0.5) is 0 Å². The highest BCUT2D eigenvalue weighted by molar-refractivity contribution is 7.91. The quantitative estimate of drug-likeness (QED) is 0.903. The number of carbonyl (C=O) groups is 1. The Morgan fingerprint density at radius 3 is 2.67 bits per heavy atom. The van der Waals surface area contributed by atoms with Crippen molar-refractivity contribution in [3.05, 3.63) is 46.7 Å². The minimum atomic E-state index is -3.53. The number of aromatic nitrogens is 2. The molecule has 0 fully saturated rings. The maximum Gasteiger partial charge on any atom is 0.337 e. The molecule has 112 valence electrons. The Hall–Kier alpha value is -1.86. The topological polar surface area (TPSA) is 89.3 Å². The van der Waals surface area contributed by atoms with Gasteiger partial charge >= 0.3 is 5.97 Å². The van der Waals surface area contributed by atoms with Gasteiger partial charge in [-0.3, -0.25) is 4.68 Å². The van der Waals surface area contributed by atoms with Gasteiger partial charge < -0.3 is 5.11 Å². The Morgan fingerprint density at radius 1 is 1.43 bits per heavy atom. The first-order valence-electron chi connectivity index (χ1n) is 6.03. The summed E-state index contributed by atoms with van der Waals surface area (Å²) < 4.78 is 26.0. The van der Waals surface area contributed by atoms with Gasteiger partial charge in [0.15, 0.2) is 9.84 Å². The van der Waals surface area contributed by atoms with Gasteiger partial charge in [0.05, 0.1) is 27.4 Å². The molecule has 0 spiro atoms. The molecule has 1 heterocycles. The monoisotopic (exact) mass is 328 g/mol. The SMILES string of the molecule is Cn1cc(CCS(=O)(=O)c2ccc(C(=O)O)c(Cl)c2)cn1. The molecule has 21 heavy (non-hydrogen) atoms. The number of aryl methyl sites for hydroxylation is 2. The van der Waals surface area contributed by atoms with Crippen LogP contribution < -0.4 is 0 Å². The van der Waals surface area contributed by atoms with Gasteiger partial charge in [0.2, 0.25) is 0 Å². The first kappa shape index (κ1) is 15.5. The first-order valence-corrected chi connectivity index (χ1v) is 8.06. The Morgan fingerprint density at radius 2 is 2.14 bits per heavy atom. The minimum absolute atomic E-state index is 0.0152. The highest BCUT2D eigenvalue weighted by Crippen LogP contribution is 2.22. The lowest BCUT2D eigenvalue weighted by Crippen LogP contribution is -2.10. The summed E-state index contributed by atoms with van der Waals surface area (Å²) in [5, 5.41) is 12.7. The second-order valence-corrected chi connectivity index (χ2v) is 7.05. The predicted molar refractivity (Wildman–Crippen MR) is 77.4 cm³/mol. The first-order chi connectivity index (χ1) is 9.79. The van der Waals surface area contributed by atoms with Crippen molar-refractivity contribution in [2.24, 2.45) is 7.05 Å². The standard InChI is InChI=1S/C13H13ClN2O4S/c1-16-8-9(7-15-16)4-5-21(19,20)10-2-3-11(13(17)18)12(14)6-10/h2-3,6-8H,4-5H2,1H3,(H,17,18). The van der Waals surface area contributed by atoms with E-state index in [2.05, 4.69) is 5.10 Å².